The van der Waals surface area contributed by atoms with Crippen molar-refractivity contribution < 1.29 is 9.14 Å². The Morgan fingerprint density at radius 3 is 2.83 bits per heavy atom. The number of hydrogen-bond donors (Lipinski definition) is 2. The van der Waals surface area contributed by atoms with Gasteiger partial charge in [-0.15, -0.1) is 0 Å². The number of unbranched alkanes of at least 4 members (excludes halogenated alkanes) is 1. The summed E-state index contributed by atoms with van der Waals surface area (Å²) in [5.74, 6) is 1.12. The Hall–Kier alpha value is -2.62. The molecule has 1 saturated heterocycles. The highest BCUT2D eigenvalue weighted by Gasteiger charge is 2.25. The van der Waals surface area contributed by atoms with E-state index in [1.165, 1.54) is 5.56 Å². The number of benzene rings is 1. The number of aromatic amines is 1. The van der Waals surface area contributed by atoms with Gasteiger partial charge >= 0.3 is 0 Å². The summed E-state index contributed by atoms with van der Waals surface area (Å²) in [4.78, 5) is 5.92. The van der Waals surface area contributed by atoms with Gasteiger partial charge in [0, 0.05) is 25.2 Å². The minimum atomic E-state index is 0.742. The summed E-state index contributed by atoms with van der Waals surface area (Å²) in [6.45, 7) is 9.77. The average Bonchev–Trinajstić information content (AvgIpc) is 3.13. The molecule has 0 atom stereocenters. The molecule has 6 heteroatoms. The minimum absolute atomic E-state index is 0.742. The number of fused-ring (bicyclic) bond motifs is 3. The van der Waals surface area contributed by atoms with Gasteiger partial charge in [-0.05, 0) is 37.5 Å². The minimum Gasteiger partial charge on any atom is -0.379 e. The molecule has 152 valence electrons. The third-order valence-corrected chi connectivity index (χ3v) is 5.91. The largest absolute Gasteiger partial charge is 0.379 e. The molecule has 1 aromatic carbocycles. The van der Waals surface area contributed by atoms with Gasteiger partial charge in [0.2, 0.25) is 11.5 Å². The Bertz CT molecular complexity index is 1040. The first-order valence-corrected chi connectivity index (χ1v) is 10.7. The number of pyridine rings is 1. The van der Waals surface area contributed by atoms with Crippen molar-refractivity contribution in [3.63, 3.8) is 0 Å². The van der Waals surface area contributed by atoms with E-state index in [-0.39, 0.29) is 0 Å². The van der Waals surface area contributed by atoms with Crippen LogP contribution in [0, 0.1) is 18.3 Å². The van der Waals surface area contributed by atoms with Crippen molar-refractivity contribution in [3.8, 4) is 6.07 Å². The second-order valence-electron chi connectivity index (χ2n) is 7.75. The van der Waals surface area contributed by atoms with Gasteiger partial charge in [-0.25, -0.2) is 0 Å². The van der Waals surface area contributed by atoms with Crippen molar-refractivity contribution in [2.45, 2.75) is 33.1 Å². The molecule has 0 bridgehead atoms. The first-order valence-electron chi connectivity index (χ1n) is 10.7. The Morgan fingerprint density at radius 1 is 1.28 bits per heavy atom. The van der Waals surface area contributed by atoms with Gasteiger partial charge in [0.1, 0.15) is 22.7 Å². The van der Waals surface area contributed by atoms with E-state index >= 15 is 0 Å². The molecule has 1 aliphatic rings. The molecule has 6 nitrogen and oxygen atoms in total. The van der Waals surface area contributed by atoms with E-state index in [1.807, 2.05) is 6.07 Å². The summed E-state index contributed by atoms with van der Waals surface area (Å²) in [6, 6.07) is 10.7. The van der Waals surface area contributed by atoms with Crippen molar-refractivity contribution in [2.75, 3.05) is 44.7 Å². The lowest BCUT2D eigenvalue weighted by Crippen LogP contribution is -2.40. The number of morpholine rings is 1. The number of nitrogens with one attached hydrogen (secondary N) is 2. The fourth-order valence-corrected chi connectivity index (χ4v) is 4.27. The van der Waals surface area contributed by atoms with Crippen LogP contribution in [0.4, 0.5) is 5.82 Å². The van der Waals surface area contributed by atoms with Gasteiger partial charge < -0.3 is 10.1 Å². The van der Waals surface area contributed by atoms with Crippen LogP contribution in [0.3, 0.4) is 0 Å². The molecule has 0 aliphatic carbocycles. The molecule has 29 heavy (non-hydrogen) atoms. The number of aromatic nitrogens is 2. The highest BCUT2D eigenvalue weighted by Crippen LogP contribution is 2.26. The van der Waals surface area contributed by atoms with Crippen molar-refractivity contribution in [1.29, 1.82) is 5.26 Å². The zero-order valence-corrected chi connectivity index (χ0v) is 17.4. The van der Waals surface area contributed by atoms with Crippen LogP contribution >= 0.6 is 0 Å². The number of nitriles is 1. The number of H-pyrrole nitrogens is 1. The Kier molecular flexibility index (Phi) is 5.98. The molecule has 0 unspecified atom stereocenters. The van der Waals surface area contributed by atoms with Crippen LogP contribution in [0.15, 0.2) is 24.3 Å². The van der Waals surface area contributed by atoms with E-state index < -0.39 is 0 Å². The molecule has 4 rings (SSSR count). The Morgan fingerprint density at radius 2 is 2.07 bits per heavy atom. The average molecular weight is 393 g/mol. The lowest BCUT2D eigenvalue weighted by molar-refractivity contribution is -0.465. The molecule has 3 heterocycles. The second kappa shape index (κ2) is 8.81. The van der Waals surface area contributed by atoms with Gasteiger partial charge in [0.15, 0.2) is 0 Å². The van der Waals surface area contributed by atoms with Gasteiger partial charge in [0.05, 0.1) is 19.8 Å². The predicted octanol–water partition coefficient (Wildman–Crippen LogP) is 3.17. The smallest absolute Gasteiger partial charge is 0.250 e. The molecule has 2 aromatic heterocycles. The number of rotatable bonds is 7. The van der Waals surface area contributed by atoms with Crippen LogP contribution in [0.5, 0.6) is 0 Å². The van der Waals surface area contributed by atoms with Crippen molar-refractivity contribution in [3.05, 3.63) is 41.0 Å². The van der Waals surface area contributed by atoms with Crippen molar-refractivity contribution in [2.24, 2.45) is 0 Å². The fourth-order valence-electron chi connectivity index (χ4n) is 4.27. The highest BCUT2D eigenvalue weighted by atomic mass is 16.5. The van der Waals surface area contributed by atoms with Crippen LogP contribution in [-0.2, 0) is 11.2 Å². The standard InChI is InChI=1S/C23H29N5O/c1-3-4-7-18-17(2)19(16-24)23-26-20-8-5-6-9-21(20)28(23)22(18)25-10-11-27-12-14-29-15-13-27/h5-6,8-9H,3-4,7,10-15H2,1-2H3,(H,25,26)/p+1. The van der Waals surface area contributed by atoms with Crippen LogP contribution in [0.25, 0.3) is 16.7 Å². The van der Waals surface area contributed by atoms with Gasteiger partial charge in [-0.2, -0.15) is 9.66 Å². The summed E-state index contributed by atoms with van der Waals surface area (Å²) in [7, 11) is 0. The Balaban J connectivity index is 1.79. The maximum Gasteiger partial charge on any atom is 0.250 e. The number of imidazole rings is 1. The van der Waals surface area contributed by atoms with E-state index in [0.717, 1.165) is 92.3 Å². The second-order valence-corrected chi connectivity index (χ2v) is 7.75. The predicted molar refractivity (Wildman–Crippen MR) is 115 cm³/mol. The molecule has 3 aromatic rings. The van der Waals surface area contributed by atoms with Crippen LogP contribution in [0.2, 0.25) is 0 Å². The zero-order chi connectivity index (χ0) is 20.2. The molecule has 0 spiro atoms. The fraction of sp³-hybridized carbons (Fsp3) is 0.478. The zero-order valence-electron chi connectivity index (χ0n) is 17.4. The summed E-state index contributed by atoms with van der Waals surface area (Å²) in [5.41, 5.74) is 6.11. The molecule has 0 amide bonds. The molecule has 0 radical (unpaired) electrons. The van der Waals surface area contributed by atoms with E-state index in [9.17, 15) is 5.26 Å². The molecular weight excluding hydrogens is 362 g/mol. The third kappa shape index (κ3) is 3.81. The number of hydrogen-bond acceptors (Lipinski definition) is 4. The van der Waals surface area contributed by atoms with Gasteiger partial charge in [-0.3, -0.25) is 9.88 Å². The van der Waals surface area contributed by atoms with Crippen LogP contribution in [-0.4, -0.2) is 49.3 Å². The first kappa shape index (κ1) is 19.7. The monoisotopic (exact) mass is 392 g/mol. The number of para-hydroxylation sites is 2. The van der Waals surface area contributed by atoms with Crippen LogP contribution in [0.1, 0.15) is 36.5 Å². The number of anilines is 1. The topological polar surface area (TPSA) is 68.2 Å². The summed E-state index contributed by atoms with van der Waals surface area (Å²) in [6.07, 6.45) is 3.21. The lowest BCUT2D eigenvalue weighted by atomic mass is 9.99. The van der Waals surface area contributed by atoms with E-state index in [2.05, 4.69) is 57.7 Å². The molecule has 1 aliphatic heterocycles. The molecule has 0 saturated carbocycles. The highest BCUT2D eigenvalue weighted by molar-refractivity contribution is 5.78. The van der Waals surface area contributed by atoms with Crippen molar-refractivity contribution >= 4 is 22.5 Å². The normalized spacial score (nSPS) is 15.1. The maximum atomic E-state index is 9.91. The van der Waals surface area contributed by atoms with E-state index in [4.69, 9.17) is 4.74 Å². The third-order valence-electron chi connectivity index (χ3n) is 5.91. The molecular formula is C23H30N5O+. The van der Waals surface area contributed by atoms with Gasteiger partial charge in [0.25, 0.3) is 0 Å². The quantitative estimate of drug-likeness (QED) is 0.606. The molecule has 2 N–H and O–H groups in total. The summed E-state index contributed by atoms with van der Waals surface area (Å²) in [5, 5.41) is 13.6. The van der Waals surface area contributed by atoms with Crippen molar-refractivity contribution in [1.82, 2.24) is 9.88 Å². The SMILES string of the molecule is CCCCc1c(C)c(C#N)c2[nH]c3ccccc3[n+]2c1NCCN1CCOCC1. The Labute approximate surface area is 172 Å². The maximum absolute atomic E-state index is 9.91. The lowest BCUT2D eigenvalue weighted by Gasteiger charge is -2.26. The summed E-state index contributed by atoms with van der Waals surface area (Å²) >= 11 is 0. The molecule has 1 fully saturated rings. The van der Waals surface area contributed by atoms with Crippen LogP contribution < -0.4 is 9.72 Å². The first-order chi connectivity index (χ1) is 14.2. The summed E-state index contributed by atoms with van der Waals surface area (Å²) < 4.78 is 7.68. The number of nitrogens with zero attached hydrogens (tertiary/aromatic N) is 3. The van der Waals surface area contributed by atoms with Gasteiger partial charge in [-0.1, -0.05) is 25.5 Å². The van der Waals surface area contributed by atoms with E-state index in [0.29, 0.717) is 0 Å². The van der Waals surface area contributed by atoms with E-state index in [1.54, 1.807) is 0 Å². The number of ether oxygens (including phenoxy) is 1.